The zero-order valence-corrected chi connectivity index (χ0v) is 11.0. The number of hydrogen-bond acceptors (Lipinski definition) is 4. The standard InChI is InChI=1S/C12H20N2O5/c1-13(8-2-4-19-5-3-8)12(18)14-7-9(15)6-10(14)11(16)17/h8-10,15H,2-7H2,1H3,(H,16,17)/t9?,10-/m0/s1. The largest absolute Gasteiger partial charge is 0.480 e. The number of rotatable bonds is 2. The summed E-state index contributed by atoms with van der Waals surface area (Å²) in [7, 11) is 1.68. The van der Waals surface area contributed by atoms with Crippen molar-refractivity contribution in [3.8, 4) is 0 Å². The third-order valence-electron chi connectivity index (χ3n) is 3.85. The summed E-state index contributed by atoms with van der Waals surface area (Å²) in [6.45, 7) is 1.32. The van der Waals surface area contributed by atoms with E-state index in [1.54, 1.807) is 11.9 Å². The molecule has 0 saturated carbocycles. The van der Waals surface area contributed by atoms with Gasteiger partial charge in [-0.1, -0.05) is 0 Å². The monoisotopic (exact) mass is 272 g/mol. The van der Waals surface area contributed by atoms with Crippen LogP contribution in [0.4, 0.5) is 4.79 Å². The first-order chi connectivity index (χ1) is 9.00. The van der Waals surface area contributed by atoms with E-state index in [9.17, 15) is 14.7 Å². The molecule has 2 amide bonds. The first-order valence-electron chi connectivity index (χ1n) is 6.52. The molecule has 0 aromatic carbocycles. The molecular weight excluding hydrogens is 252 g/mol. The minimum absolute atomic E-state index is 0.0773. The Kier molecular flexibility index (Phi) is 4.26. The average Bonchev–Trinajstić information content (AvgIpc) is 2.80. The SMILES string of the molecule is CN(C(=O)N1CC(O)C[C@H]1C(=O)O)C1CCOCC1. The maximum Gasteiger partial charge on any atom is 0.326 e. The third-order valence-corrected chi connectivity index (χ3v) is 3.85. The third kappa shape index (κ3) is 2.98. The van der Waals surface area contributed by atoms with Gasteiger partial charge in [0.2, 0.25) is 0 Å². The van der Waals surface area contributed by atoms with Crippen molar-refractivity contribution in [2.45, 2.75) is 37.5 Å². The fraction of sp³-hybridized carbons (Fsp3) is 0.833. The van der Waals surface area contributed by atoms with Crippen LogP contribution in [0.25, 0.3) is 0 Å². The highest BCUT2D eigenvalue weighted by Gasteiger charge is 2.41. The predicted octanol–water partition coefficient (Wildman–Crippen LogP) is -0.263. The molecule has 7 nitrogen and oxygen atoms in total. The fourth-order valence-electron chi connectivity index (χ4n) is 2.69. The number of carbonyl (C=O) groups is 2. The number of amides is 2. The van der Waals surface area contributed by atoms with Crippen LogP contribution in [0.2, 0.25) is 0 Å². The molecule has 2 saturated heterocycles. The lowest BCUT2D eigenvalue weighted by molar-refractivity contribution is -0.141. The molecule has 0 spiro atoms. The van der Waals surface area contributed by atoms with Crippen LogP contribution in [-0.4, -0.2) is 77.0 Å². The van der Waals surface area contributed by atoms with Gasteiger partial charge in [-0.15, -0.1) is 0 Å². The van der Waals surface area contributed by atoms with E-state index in [-0.39, 0.29) is 25.0 Å². The summed E-state index contributed by atoms with van der Waals surface area (Å²) in [5.41, 5.74) is 0. The smallest absolute Gasteiger partial charge is 0.326 e. The van der Waals surface area contributed by atoms with Gasteiger partial charge in [-0.3, -0.25) is 0 Å². The summed E-state index contributed by atoms with van der Waals surface area (Å²) in [5.74, 6) is -1.06. The first kappa shape index (κ1) is 14.1. The second kappa shape index (κ2) is 5.75. The summed E-state index contributed by atoms with van der Waals surface area (Å²) >= 11 is 0. The lowest BCUT2D eigenvalue weighted by atomic mass is 10.1. The minimum atomic E-state index is -1.06. The number of nitrogens with zero attached hydrogens (tertiary/aromatic N) is 2. The Bertz CT molecular complexity index is 356. The molecule has 7 heteroatoms. The van der Waals surface area contributed by atoms with Crippen LogP contribution in [0, 0.1) is 0 Å². The Hall–Kier alpha value is -1.34. The highest BCUT2D eigenvalue weighted by atomic mass is 16.5. The maximum atomic E-state index is 12.3. The lowest BCUT2D eigenvalue weighted by Crippen LogP contribution is -2.51. The lowest BCUT2D eigenvalue weighted by Gasteiger charge is -2.35. The Balaban J connectivity index is 2.02. The Morgan fingerprint density at radius 3 is 2.53 bits per heavy atom. The van der Waals surface area contributed by atoms with Crippen molar-refractivity contribution in [2.75, 3.05) is 26.8 Å². The summed E-state index contributed by atoms with van der Waals surface area (Å²) in [4.78, 5) is 26.3. The normalized spacial score (nSPS) is 28.4. The van der Waals surface area contributed by atoms with Crippen molar-refractivity contribution in [2.24, 2.45) is 0 Å². The van der Waals surface area contributed by atoms with Gasteiger partial charge in [0.1, 0.15) is 6.04 Å². The zero-order chi connectivity index (χ0) is 14.0. The Morgan fingerprint density at radius 2 is 1.95 bits per heavy atom. The zero-order valence-electron chi connectivity index (χ0n) is 11.0. The summed E-state index contributed by atoms with van der Waals surface area (Å²) < 4.78 is 5.25. The fourth-order valence-corrected chi connectivity index (χ4v) is 2.69. The first-order valence-corrected chi connectivity index (χ1v) is 6.52. The van der Waals surface area contributed by atoms with Gasteiger partial charge in [0, 0.05) is 39.3 Å². The molecule has 19 heavy (non-hydrogen) atoms. The molecule has 2 atom stereocenters. The van der Waals surface area contributed by atoms with E-state index in [1.165, 1.54) is 4.90 Å². The van der Waals surface area contributed by atoms with Gasteiger partial charge in [0.15, 0.2) is 0 Å². The summed E-state index contributed by atoms with van der Waals surface area (Å²) in [5, 5.41) is 18.7. The van der Waals surface area contributed by atoms with Gasteiger partial charge < -0.3 is 24.7 Å². The quantitative estimate of drug-likeness (QED) is 0.722. The number of carbonyl (C=O) groups excluding carboxylic acids is 1. The molecule has 2 aliphatic heterocycles. The second-order valence-corrected chi connectivity index (χ2v) is 5.13. The van der Waals surface area contributed by atoms with Crippen molar-refractivity contribution in [3.63, 3.8) is 0 Å². The Labute approximate surface area is 111 Å². The topological polar surface area (TPSA) is 90.3 Å². The molecular formula is C12H20N2O5. The van der Waals surface area contributed by atoms with Crippen molar-refractivity contribution >= 4 is 12.0 Å². The molecule has 2 N–H and O–H groups in total. The molecule has 2 rings (SSSR count). The van der Waals surface area contributed by atoms with E-state index in [4.69, 9.17) is 9.84 Å². The van der Waals surface area contributed by atoms with Crippen LogP contribution in [0.5, 0.6) is 0 Å². The number of hydrogen-bond donors (Lipinski definition) is 2. The van der Waals surface area contributed by atoms with Gasteiger partial charge in [-0.2, -0.15) is 0 Å². The molecule has 2 aliphatic rings. The van der Waals surface area contributed by atoms with Gasteiger partial charge in [0.05, 0.1) is 6.10 Å². The molecule has 0 bridgehead atoms. The average molecular weight is 272 g/mol. The van der Waals surface area contributed by atoms with Gasteiger partial charge in [0.25, 0.3) is 0 Å². The number of carboxylic acid groups (broad SMARTS) is 1. The number of β-amino-alcohol motifs (C(OH)–C–C–N with tert-alkyl or cyclic N) is 1. The molecule has 0 aromatic rings. The molecule has 2 fully saturated rings. The molecule has 0 radical (unpaired) electrons. The maximum absolute atomic E-state index is 12.3. The highest BCUT2D eigenvalue weighted by molar-refractivity contribution is 5.83. The van der Waals surface area contributed by atoms with Crippen LogP contribution < -0.4 is 0 Å². The number of urea groups is 1. The number of aliphatic hydroxyl groups is 1. The van der Waals surface area contributed by atoms with Crippen LogP contribution >= 0.6 is 0 Å². The molecule has 108 valence electrons. The number of carboxylic acids is 1. The Morgan fingerprint density at radius 1 is 1.32 bits per heavy atom. The highest BCUT2D eigenvalue weighted by Crippen LogP contribution is 2.22. The van der Waals surface area contributed by atoms with E-state index in [2.05, 4.69) is 0 Å². The van der Waals surface area contributed by atoms with E-state index >= 15 is 0 Å². The van der Waals surface area contributed by atoms with Crippen LogP contribution in [-0.2, 0) is 9.53 Å². The second-order valence-electron chi connectivity index (χ2n) is 5.13. The van der Waals surface area contributed by atoms with Gasteiger partial charge in [-0.25, -0.2) is 9.59 Å². The van der Waals surface area contributed by atoms with Crippen LogP contribution in [0.1, 0.15) is 19.3 Å². The number of ether oxygens (including phenoxy) is 1. The van der Waals surface area contributed by atoms with Crippen LogP contribution in [0.15, 0.2) is 0 Å². The molecule has 1 unspecified atom stereocenters. The van der Waals surface area contributed by atoms with E-state index in [0.29, 0.717) is 13.2 Å². The van der Waals surface area contributed by atoms with Crippen molar-refractivity contribution < 1.29 is 24.5 Å². The summed E-state index contributed by atoms with van der Waals surface area (Å²) in [6.07, 6.45) is 0.864. The van der Waals surface area contributed by atoms with E-state index in [1.807, 2.05) is 0 Å². The van der Waals surface area contributed by atoms with Gasteiger partial charge in [-0.05, 0) is 12.8 Å². The van der Waals surface area contributed by atoms with Crippen molar-refractivity contribution in [1.29, 1.82) is 0 Å². The minimum Gasteiger partial charge on any atom is -0.480 e. The van der Waals surface area contributed by atoms with Crippen LogP contribution in [0.3, 0.4) is 0 Å². The van der Waals surface area contributed by atoms with Gasteiger partial charge >= 0.3 is 12.0 Å². The molecule has 0 aliphatic carbocycles. The summed E-state index contributed by atoms with van der Waals surface area (Å²) in [6, 6.07) is -1.17. The number of likely N-dealkylation sites (tertiary alicyclic amines) is 1. The molecule has 0 aromatic heterocycles. The number of aliphatic hydroxyl groups excluding tert-OH is 1. The number of aliphatic carboxylic acids is 1. The van der Waals surface area contributed by atoms with E-state index < -0.39 is 18.1 Å². The molecule has 2 heterocycles. The van der Waals surface area contributed by atoms with E-state index in [0.717, 1.165) is 12.8 Å². The van der Waals surface area contributed by atoms with Crippen molar-refractivity contribution in [1.82, 2.24) is 9.80 Å². The predicted molar refractivity (Wildman–Crippen MR) is 65.8 cm³/mol. The van der Waals surface area contributed by atoms with Crippen molar-refractivity contribution in [3.05, 3.63) is 0 Å².